The number of thioether (sulfide) groups is 1. The normalized spacial score (nSPS) is 15.0. The average molecular weight is 651 g/mol. The van der Waals surface area contributed by atoms with Crippen LogP contribution in [0.2, 0.25) is 0 Å². The van der Waals surface area contributed by atoms with Gasteiger partial charge < -0.3 is 14.4 Å². The molecule has 0 N–H and O–H groups in total. The highest BCUT2D eigenvalue weighted by atomic mass is 32.2. The van der Waals surface area contributed by atoms with Gasteiger partial charge in [-0.15, -0.1) is 18.3 Å². The van der Waals surface area contributed by atoms with E-state index in [9.17, 15) is 18.0 Å². The Bertz CT molecular complexity index is 1730. The summed E-state index contributed by atoms with van der Waals surface area (Å²) in [5, 5.41) is 5.07. The van der Waals surface area contributed by atoms with Crippen molar-refractivity contribution < 1.29 is 27.4 Å². The predicted octanol–water partition coefficient (Wildman–Crippen LogP) is 8.09. The molecule has 4 aromatic rings. The Balaban J connectivity index is 1.25. The van der Waals surface area contributed by atoms with Crippen molar-refractivity contribution in [3.8, 4) is 28.6 Å². The average Bonchev–Trinajstić information content (AvgIpc) is 3.51. The Hall–Kier alpha value is -4.65. The van der Waals surface area contributed by atoms with Gasteiger partial charge in [0, 0.05) is 41.7 Å². The highest BCUT2D eigenvalue weighted by molar-refractivity contribution is 8.14. The lowest BCUT2D eigenvalue weighted by molar-refractivity contribution is -0.274. The Kier molecular flexibility index (Phi) is 10.1. The third kappa shape index (κ3) is 8.33. The molecule has 0 saturated carbocycles. The first kappa shape index (κ1) is 32.7. The van der Waals surface area contributed by atoms with E-state index in [-0.39, 0.29) is 11.7 Å². The number of benzene rings is 3. The number of halogens is 3. The first-order chi connectivity index (χ1) is 22.0. The van der Waals surface area contributed by atoms with E-state index in [0.717, 1.165) is 46.8 Å². The lowest BCUT2D eigenvalue weighted by Crippen LogP contribution is -2.35. The second kappa shape index (κ2) is 14.2. The molecule has 1 aromatic heterocycles. The maximum atomic E-state index is 13.0. The van der Waals surface area contributed by atoms with Gasteiger partial charge in [-0.25, -0.2) is 19.5 Å². The fraction of sp³-hybridized carbons (Fsp3) is 0.303. The van der Waals surface area contributed by atoms with Gasteiger partial charge in [-0.05, 0) is 60.7 Å². The summed E-state index contributed by atoms with van der Waals surface area (Å²) in [6.07, 6.45) is -1.85. The second-order valence-electron chi connectivity index (χ2n) is 10.9. The molecule has 0 unspecified atom stereocenters. The zero-order valence-electron chi connectivity index (χ0n) is 25.8. The number of alkyl halides is 3. The minimum absolute atomic E-state index is 0.283. The predicted molar refractivity (Wildman–Crippen MR) is 175 cm³/mol. The molecule has 46 heavy (non-hydrogen) atoms. The number of methoxy groups -OCH3 is 1. The number of aliphatic imine (C=N–C) groups is 2. The number of rotatable bonds is 8. The van der Waals surface area contributed by atoms with Crippen molar-refractivity contribution in [2.75, 3.05) is 24.3 Å². The molecule has 1 fully saturated rings. The van der Waals surface area contributed by atoms with Crippen LogP contribution in [0.4, 0.5) is 23.7 Å². The van der Waals surface area contributed by atoms with Gasteiger partial charge in [0.25, 0.3) is 0 Å². The molecule has 2 amide bonds. The molecule has 0 aliphatic carbocycles. The fourth-order valence-corrected chi connectivity index (χ4v) is 5.89. The third-order valence-electron chi connectivity index (χ3n) is 7.12. The van der Waals surface area contributed by atoms with Crippen molar-refractivity contribution in [2.24, 2.45) is 9.98 Å². The minimum Gasteiger partial charge on any atom is -0.497 e. The summed E-state index contributed by atoms with van der Waals surface area (Å²) >= 11 is 1.55. The van der Waals surface area contributed by atoms with Crippen LogP contribution in [0.15, 0.2) is 83.0 Å². The van der Waals surface area contributed by atoms with Crippen molar-refractivity contribution in [1.82, 2.24) is 14.8 Å². The van der Waals surface area contributed by atoms with Gasteiger partial charge in [0.2, 0.25) is 0 Å². The number of nitrogens with zero attached hydrogens (tertiary/aromatic N) is 6. The van der Waals surface area contributed by atoms with Crippen molar-refractivity contribution in [2.45, 2.75) is 45.9 Å². The zero-order chi connectivity index (χ0) is 32.8. The number of urea groups is 1. The van der Waals surface area contributed by atoms with Crippen LogP contribution < -0.4 is 14.4 Å². The molecule has 0 atom stereocenters. The lowest BCUT2D eigenvalue weighted by Gasteiger charge is -2.32. The van der Waals surface area contributed by atoms with Gasteiger partial charge in [0.15, 0.2) is 11.0 Å². The molecule has 2 heterocycles. The zero-order valence-corrected chi connectivity index (χ0v) is 26.6. The quantitative estimate of drug-likeness (QED) is 0.178. The molecular weight excluding hydrogens is 617 g/mol. The first-order valence-electron chi connectivity index (χ1n) is 14.6. The largest absolute Gasteiger partial charge is 0.573 e. The first-order valence-corrected chi connectivity index (χ1v) is 15.6. The van der Waals surface area contributed by atoms with Crippen LogP contribution in [0, 0.1) is 0 Å². The van der Waals surface area contributed by atoms with Crippen LogP contribution in [0.1, 0.15) is 44.2 Å². The summed E-state index contributed by atoms with van der Waals surface area (Å²) in [6.45, 7) is 6.81. The molecule has 3 aromatic carbocycles. The summed E-state index contributed by atoms with van der Waals surface area (Å²) in [5.41, 5.74) is 4.99. The number of amides is 2. The second-order valence-corrected chi connectivity index (χ2v) is 11.9. The maximum absolute atomic E-state index is 13.0. The number of hydrogen-bond acceptors (Lipinski definition) is 6. The number of anilines is 1. The summed E-state index contributed by atoms with van der Waals surface area (Å²) in [7, 11) is 1.64. The van der Waals surface area contributed by atoms with E-state index in [1.54, 1.807) is 25.8 Å². The van der Waals surface area contributed by atoms with E-state index in [2.05, 4.69) is 49.6 Å². The number of carbonyl (C=O) groups excluding carboxylic acids is 1. The number of carbonyl (C=O) groups is 1. The van der Waals surface area contributed by atoms with E-state index in [1.165, 1.54) is 35.3 Å². The van der Waals surface area contributed by atoms with E-state index < -0.39 is 12.4 Å². The Morgan fingerprint density at radius 3 is 2.43 bits per heavy atom. The SMILES string of the molecule is COc1ccc(C(C)C)c(N2CCCSC2=NC(=O)N=C(C)Cc2ccc(-c3ncn(-c4ccc(OC(F)(F)F)cc4)n3)cc2)c1. The molecule has 0 bridgehead atoms. The molecule has 240 valence electrons. The van der Waals surface area contributed by atoms with Crippen LogP contribution in [-0.4, -0.2) is 57.4 Å². The standard InChI is InChI=1S/C33H33F3N6O3S/c1-21(2)28-15-14-27(44-4)19-29(28)41-16-5-17-46-32(41)39-31(43)38-22(3)18-23-6-8-24(9-7-23)30-37-20-42(40-30)25-10-12-26(13-11-25)45-33(34,35)36/h6-15,19-21H,5,16-18H2,1-4H3. The van der Waals surface area contributed by atoms with Gasteiger partial charge in [-0.2, -0.15) is 4.99 Å². The van der Waals surface area contributed by atoms with E-state index in [0.29, 0.717) is 28.8 Å². The lowest BCUT2D eigenvalue weighted by atomic mass is 10.00. The van der Waals surface area contributed by atoms with E-state index in [4.69, 9.17) is 4.74 Å². The molecule has 0 radical (unpaired) electrons. The Labute approximate surface area is 269 Å². The van der Waals surface area contributed by atoms with Crippen LogP contribution in [0.25, 0.3) is 17.1 Å². The van der Waals surface area contributed by atoms with Gasteiger partial charge in [-0.1, -0.05) is 55.9 Å². The van der Waals surface area contributed by atoms with Crippen molar-refractivity contribution in [1.29, 1.82) is 0 Å². The topological polar surface area (TPSA) is 94.2 Å². The Morgan fingerprint density at radius 2 is 1.76 bits per heavy atom. The fourth-order valence-electron chi connectivity index (χ4n) is 4.95. The molecular formula is C33H33F3N6O3S. The third-order valence-corrected chi connectivity index (χ3v) is 8.18. The van der Waals surface area contributed by atoms with Crippen molar-refractivity contribution >= 4 is 34.4 Å². The highest BCUT2D eigenvalue weighted by Gasteiger charge is 2.31. The smallest absolute Gasteiger partial charge is 0.497 e. The van der Waals surface area contributed by atoms with E-state index in [1.807, 2.05) is 36.4 Å². The van der Waals surface area contributed by atoms with Crippen LogP contribution in [-0.2, 0) is 6.42 Å². The monoisotopic (exact) mass is 650 g/mol. The molecule has 1 aliphatic rings. The molecule has 5 rings (SSSR count). The molecule has 9 nitrogen and oxygen atoms in total. The van der Waals surface area contributed by atoms with Gasteiger partial charge in [-0.3, -0.25) is 0 Å². The number of amidine groups is 1. The number of aromatic nitrogens is 3. The molecule has 1 aliphatic heterocycles. The van der Waals surface area contributed by atoms with Crippen molar-refractivity contribution in [3.63, 3.8) is 0 Å². The van der Waals surface area contributed by atoms with Crippen LogP contribution >= 0.6 is 11.8 Å². The minimum atomic E-state index is -4.76. The summed E-state index contributed by atoms with van der Waals surface area (Å²) in [5.74, 6) is 2.03. The Morgan fingerprint density at radius 1 is 1.04 bits per heavy atom. The summed E-state index contributed by atoms with van der Waals surface area (Å²) < 4.78 is 48.1. The van der Waals surface area contributed by atoms with E-state index >= 15 is 0 Å². The van der Waals surface area contributed by atoms with Gasteiger partial charge in [0.1, 0.15) is 17.8 Å². The van der Waals surface area contributed by atoms with Crippen LogP contribution in [0.3, 0.4) is 0 Å². The molecule has 0 spiro atoms. The highest BCUT2D eigenvalue weighted by Crippen LogP contribution is 2.35. The number of hydrogen-bond donors (Lipinski definition) is 0. The van der Waals surface area contributed by atoms with Gasteiger partial charge >= 0.3 is 12.4 Å². The number of ether oxygens (including phenoxy) is 2. The molecule has 1 saturated heterocycles. The van der Waals surface area contributed by atoms with Gasteiger partial charge in [0.05, 0.1) is 12.8 Å². The molecule has 13 heteroatoms. The van der Waals surface area contributed by atoms with Crippen LogP contribution in [0.5, 0.6) is 11.5 Å². The summed E-state index contributed by atoms with van der Waals surface area (Å²) in [6, 6.07) is 18.3. The summed E-state index contributed by atoms with van der Waals surface area (Å²) in [4.78, 5) is 28.0. The van der Waals surface area contributed by atoms with Crippen molar-refractivity contribution in [3.05, 3.63) is 84.2 Å². The maximum Gasteiger partial charge on any atom is 0.573 e.